The van der Waals surface area contributed by atoms with E-state index in [1.165, 1.54) is 11.1 Å². The maximum Gasteiger partial charge on any atom is 0.332 e. The van der Waals surface area contributed by atoms with Crippen LogP contribution in [0.3, 0.4) is 0 Å². The molecule has 0 spiro atoms. The number of carbonyl (C=O) groups excluding carboxylic acids is 4. The lowest BCUT2D eigenvalue weighted by molar-refractivity contribution is -0.160. The molecule has 1 unspecified atom stereocenters. The number of hydrogen-bond donors (Lipinski definition) is 2. The largest absolute Gasteiger partial charge is 0.458 e. The first kappa shape index (κ1) is 40.9. The van der Waals surface area contributed by atoms with Gasteiger partial charge in [0.05, 0.1) is 60.6 Å². The number of β-amino-alcohol motifs (C(OH)–C–C–N with tert-alkyl or cyclic N) is 1. The van der Waals surface area contributed by atoms with Crippen LogP contribution in [0.25, 0.3) is 10.4 Å². The molecule has 0 radical (unpaired) electrons. The Morgan fingerprint density at radius 3 is 2.22 bits per heavy atom. The summed E-state index contributed by atoms with van der Waals surface area (Å²) in [6.45, 7) is 15.0. The third-order valence-electron chi connectivity index (χ3n) is 7.82. The van der Waals surface area contributed by atoms with Gasteiger partial charge in [0.1, 0.15) is 24.9 Å². The van der Waals surface area contributed by atoms with Gasteiger partial charge >= 0.3 is 5.97 Å². The molecule has 14 heteroatoms. The number of likely N-dealkylation sites (tertiary alicyclic amines) is 1. The minimum absolute atomic E-state index is 0.00226. The fourth-order valence-electron chi connectivity index (χ4n) is 5.26. The van der Waals surface area contributed by atoms with E-state index in [0.29, 0.717) is 0 Å². The number of ether oxygens (including phenoxy) is 4. The Balaban J connectivity index is 1.48. The van der Waals surface area contributed by atoms with E-state index in [0.717, 1.165) is 21.7 Å². The summed E-state index contributed by atoms with van der Waals surface area (Å²) in [6.07, 6.45) is 0.548. The predicted octanol–water partition coefficient (Wildman–Crippen LogP) is 3.91. The van der Waals surface area contributed by atoms with Crippen LogP contribution in [0.15, 0.2) is 34.8 Å². The molecule has 3 amide bonds. The number of hydrogen-bond acceptors (Lipinski definition) is 11. The molecule has 0 aliphatic carbocycles. The zero-order chi connectivity index (χ0) is 37.1. The molecule has 1 saturated heterocycles. The number of rotatable bonds is 16. The fraction of sp³-hybridized carbons (Fsp3) is 0.611. The molecule has 1 fully saturated rings. The average molecular weight is 717 g/mol. The van der Waals surface area contributed by atoms with E-state index in [4.69, 9.17) is 18.9 Å². The normalized spacial score (nSPS) is 17.9. The van der Waals surface area contributed by atoms with Crippen molar-refractivity contribution in [3.63, 3.8) is 0 Å². The number of thiazole rings is 1. The van der Waals surface area contributed by atoms with Gasteiger partial charge < -0.3 is 34.3 Å². The number of esters is 1. The number of aryl methyl sites for hydroxylation is 1. The zero-order valence-corrected chi connectivity index (χ0v) is 31.2. The molecule has 0 saturated carbocycles. The third-order valence-corrected chi connectivity index (χ3v) is 8.80. The van der Waals surface area contributed by atoms with Crippen molar-refractivity contribution < 1.29 is 43.2 Å². The summed E-state index contributed by atoms with van der Waals surface area (Å²) in [6, 6.07) is 6.69. The van der Waals surface area contributed by atoms with Gasteiger partial charge in [-0.25, -0.2) is 14.8 Å². The monoisotopic (exact) mass is 716 g/mol. The quantitative estimate of drug-likeness (QED) is 0.148. The predicted molar refractivity (Wildman–Crippen MR) is 190 cm³/mol. The molecule has 4 atom stereocenters. The summed E-state index contributed by atoms with van der Waals surface area (Å²) in [7, 11) is 0. The first-order valence-electron chi connectivity index (χ1n) is 16.8. The smallest absolute Gasteiger partial charge is 0.332 e. The lowest BCUT2D eigenvalue weighted by Gasteiger charge is -2.33. The van der Waals surface area contributed by atoms with Crippen LogP contribution >= 0.6 is 11.3 Å². The maximum absolute atomic E-state index is 13.8. The highest BCUT2D eigenvalue weighted by atomic mass is 32.1. The fourth-order valence-corrected chi connectivity index (χ4v) is 6.07. The first-order valence-corrected chi connectivity index (χ1v) is 17.7. The number of aliphatic hydroxyl groups is 1. The van der Waals surface area contributed by atoms with E-state index in [1.54, 1.807) is 32.1 Å². The van der Waals surface area contributed by atoms with Gasteiger partial charge in [-0.05, 0) is 51.2 Å². The highest BCUT2D eigenvalue weighted by Gasteiger charge is 2.43. The van der Waals surface area contributed by atoms with E-state index >= 15 is 0 Å². The van der Waals surface area contributed by atoms with Crippen LogP contribution in [-0.4, -0.2) is 109 Å². The summed E-state index contributed by atoms with van der Waals surface area (Å²) in [5.41, 5.74) is 3.51. The minimum atomic E-state index is -0.876. The molecule has 1 aromatic carbocycles. The summed E-state index contributed by atoms with van der Waals surface area (Å²) < 4.78 is 21.1. The van der Waals surface area contributed by atoms with E-state index in [-0.39, 0.29) is 64.6 Å². The SMILES string of the molecule is Cc1ncsc1-c1ccc([C@H](C)NC(=O)[C@@H]2C[C@@H](O)CN2C(=O)C(C=NC(=O)COCCOCCOCC(=O)OC(C)(C)C)C(C)(C)C)cc1. The summed E-state index contributed by atoms with van der Waals surface area (Å²) in [5.74, 6) is -2.63. The maximum atomic E-state index is 13.8. The zero-order valence-electron chi connectivity index (χ0n) is 30.4. The lowest BCUT2D eigenvalue weighted by Crippen LogP contribution is -2.50. The number of benzene rings is 1. The molecule has 3 rings (SSSR count). The molecule has 13 nitrogen and oxygen atoms in total. The number of amides is 3. The Hall–Kier alpha value is -3.56. The van der Waals surface area contributed by atoms with Crippen LogP contribution in [0.2, 0.25) is 0 Å². The number of nitrogens with zero attached hydrogens (tertiary/aromatic N) is 3. The Kier molecular flexibility index (Phi) is 15.2. The number of aromatic nitrogens is 1. The van der Waals surface area contributed by atoms with Crippen LogP contribution in [-0.2, 0) is 38.1 Å². The van der Waals surface area contributed by atoms with E-state index in [9.17, 15) is 24.3 Å². The van der Waals surface area contributed by atoms with Crippen LogP contribution in [0.1, 0.15) is 72.2 Å². The molecule has 1 aliphatic heterocycles. The molecule has 276 valence electrons. The number of carbonyl (C=O) groups is 4. The molecule has 1 aliphatic rings. The van der Waals surface area contributed by atoms with Crippen LogP contribution < -0.4 is 5.32 Å². The second-order valence-electron chi connectivity index (χ2n) is 14.3. The van der Waals surface area contributed by atoms with Crippen molar-refractivity contribution in [2.45, 2.75) is 85.6 Å². The van der Waals surface area contributed by atoms with Crippen molar-refractivity contribution in [3.05, 3.63) is 41.0 Å². The summed E-state index contributed by atoms with van der Waals surface area (Å²) in [5, 5.41) is 13.5. The van der Waals surface area contributed by atoms with Gasteiger partial charge in [-0.3, -0.25) is 14.4 Å². The average Bonchev–Trinajstić information content (AvgIpc) is 3.64. The second kappa shape index (κ2) is 18.6. The van der Waals surface area contributed by atoms with Crippen LogP contribution in [0.5, 0.6) is 0 Å². The molecule has 2 N–H and O–H groups in total. The van der Waals surface area contributed by atoms with Crippen molar-refractivity contribution in [3.8, 4) is 10.4 Å². The van der Waals surface area contributed by atoms with Crippen molar-refractivity contribution in [1.82, 2.24) is 15.2 Å². The lowest BCUT2D eigenvalue weighted by atomic mass is 9.80. The molecule has 2 aromatic rings. The van der Waals surface area contributed by atoms with Gasteiger partial charge in [0.15, 0.2) is 0 Å². The molecule has 50 heavy (non-hydrogen) atoms. The van der Waals surface area contributed by atoms with Gasteiger partial charge in [0.25, 0.3) is 5.91 Å². The Labute approximate surface area is 298 Å². The third kappa shape index (κ3) is 13.0. The van der Waals surface area contributed by atoms with E-state index in [1.807, 2.05) is 64.4 Å². The second-order valence-corrected chi connectivity index (χ2v) is 15.2. The topological polar surface area (TPSA) is 166 Å². The molecule has 2 heterocycles. The summed E-state index contributed by atoms with van der Waals surface area (Å²) in [4.78, 5) is 62.2. The highest BCUT2D eigenvalue weighted by Crippen LogP contribution is 2.31. The van der Waals surface area contributed by atoms with Gasteiger partial charge in [-0.15, -0.1) is 11.3 Å². The van der Waals surface area contributed by atoms with E-state index < -0.39 is 46.9 Å². The van der Waals surface area contributed by atoms with Crippen LogP contribution in [0.4, 0.5) is 0 Å². The first-order chi connectivity index (χ1) is 23.5. The Morgan fingerprint density at radius 1 is 1.02 bits per heavy atom. The highest BCUT2D eigenvalue weighted by molar-refractivity contribution is 7.13. The molecular formula is C36H52N4O9S. The van der Waals surface area contributed by atoms with E-state index in [2.05, 4.69) is 15.3 Å². The standard InChI is InChI=1S/C36H52N4O9S/c1-23(25-9-11-26(12-10-25)32-24(2)38-22-50-32)39-33(44)29-17-27(41)19-40(29)34(45)28(35(3,4)5)18-37-30(42)20-47-15-13-46-14-16-48-21-31(43)49-36(6,7)8/h9-12,18,22-23,27-29,41H,13-17,19-21H2,1-8H3,(H,39,44)/t23-,27+,28?,29-/m0/s1. The van der Waals surface area contributed by atoms with Gasteiger partial charge in [-0.1, -0.05) is 45.0 Å². The number of nitrogens with one attached hydrogen (secondary N) is 1. The van der Waals surface area contributed by atoms with Crippen molar-refractivity contribution in [1.29, 1.82) is 0 Å². The molecule has 1 aromatic heterocycles. The Bertz CT molecular complexity index is 1460. The molecule has 0 bridgehead atoms. The van der Waals surface area contributed by atoms with Crippen molar-refractivity contribution in [2.75, 3.05) is 46.2 Å². The van der Waals surface area contributed by atoms with Crippen molar-refractivity contribution in [2.24, 2.45) is 16.3 Å². The van der Waals surface area contributed by atoms with Gasteiger partial charge in [-0.2, -0.15) is 0 Å². The number of aliphatic hydroxyl groups excluding tert-OH is 1. The van der Waals surface area contributed by atoms with Crippen LogP contribution in [0, 0.1) is 18.3 Å². The van der Waals surface area contributed by atoms with Gasteiger partial charge in [0, 0.05) is 19.2 Å². The number of aliphatic imine (C=N–C) groups is 1. The Morgan fingerprint density at radius 2 is 1.64 bits per heavy atom. The van der Waals surface area contributed by atoms with Gasteiger partial charge in [0.2, 0.25) is 11.8 Å². The van der Waals surface area contributed by atoms with Crippen molar-refractivity contribution >= 4 is 41.2 Å². The summed E-state index contributed by atoms with van der Waals surface area (Å²) >= 11 is 1.57. The molecular weight excluding hydrogens is 664 g/mol. The minimum Gasteiger partial charge on any atom is -0.458 e.